The summed E-state index contributed by atoms with van der Waals surface area (Å²) in [5.74, 6) is -0.487. The summed E-state index contributed by atoms with van der Waals surface area (Å²) in [5, 5.41) is 31.3. The second kappa shape index (κ2) is 5.99. The van der Waals surface area contributed by atoms with E-state index in [0.717, 1.165) is 24.8 Å². The highest BCUT2D eigenvalue weighted by Gasteiger charge is 2.48. The Morgan fingerprint density at radius 3 is 2.14 bits per heavy atom. The Kier molecular flexibility index (Phi) is 4.66. The zero-order valence-electron chi connectivity index (χ0n) is 12.8. The fourth-order valence-corrected chi connectivity index (χ4v) is 3.33. The maximum Gasteiger partial charge on any atom is 0.136 e. The standard InChI is InChI=1S/C16H24BNO3/c1-18(2)16(17,21)14(12-6-8-13(19)9-7-12)15(20)10-4-3-5-11-15/h6-9,14,19-21H,3-5,10-11H2,1-2H3. The van der Waals surface area contributed by atoms with Crippen molar-refractivity contribution in [2.75, 3.05) is 14.1 Å². The van der Waals surface area contributed by atoms with Crippen LogP contribution in [0.5, 0.6) is 5.75 Å². The van der Waals surface area contributed by atoms with Crippen molar-refractivity contribution in [3.05, 3.63) is 29.8 Å². The van der Waals surface area contributed by atoms with E-state index in [4.69, 9.17) is 7.85 Å². The van der Waals surface area contributed by atoms with Crippen LogP contribution in [0.1, 0.15) is 43.6 Å². The van der Waals surface area contributed by atoms with Gasteiger partial charge in [0.1, 0.15) is 13.6 Å². The Labute approximate surface area is 127 Å². The molecule has 0 amide bonds. The molecule has 0 aliphatic heterocycles. The maximum absolute atomic E-state index is 11.1. The molecule has 0 saturated heterocycles. The lowest BCUT2D eigenvalue weighted by molar-refractivity contribution is -0.120. The summed E-state index contributed by atoms with van der Waals surface area (Å²) in [6.45, 7) is 0. The highest BCUT2D eigenvalue weighted by Crippen LogP contribution is 2.45. The molecular weight excluding hydrogens is 265 g/mol. The van der Waals surface area contributed by atoms with Gasteiger partial charge in [-0.3, -0.25) is 4.90 Å². The first-order valence-corrected chi connectivity index (χ1v) is 7.47. The molecule has 3 N–H and O–H groups in total. The van der Waals surface area contributed by atoms with Crippen LogP contribution in [-0.4, -0.2) is 53.4 Å². The smallest absolute Gasteiger partial charge is 0.136 e. The number of hydrogen-bond donors (Lipinski definition) is 3. The van der Waals surface area contributed by atoms with Gasteiger partial charge in [-0.05, 0) is 44.6 Å². The van der Waals surface area contributed by atoms with Gasteiger partial charge in [0.2, 0.25) is 0 Å². The molecule has 4 nitrogen and oxygen atoms in total. The third-order valence-electron chi connectivity index (χ3n) is 4.62. The van der Waals surface area contributed by atoms with Crippen molar-refractivity contribution in [3.63, 3.8) is 0 Å². The Balaban J connectivity index is 2.46. The van der Waals surface area contributed by atoms with E-state index < -0.39 is 17.1 Å². The minimum atomic E-state index is -1.66. The topological polar surface area (TPSA) is 63.9 Å². The van der Waals surface area contributed by atoms with Crippen LogP contribution in [-0.2, 0) is 0 Å². The molecule has 0 aromatic heterocycles. The number of aliphatic hydroxyl groups is 2. The molecule has 0 heterocycles. The number of nitrogens with zero attached hydrogens (tertiary/aromatic N) is 1. The van der Waals surface area contributed by atoms with Crippen molar-refractivity contribution in [2.24, 2.45) is 0 Å². The number of likely N-dealkylation sites (N-methyl/N-ethyl adjacent to an activating group) is 1. The van der Waals surface area contributed by atoms with Crippen LogP contribution < -0.4 is 0 Å². The fourth-order valence-electron chi connectivity index (χ4n) is 3.33. The van der Waals surface area contributed by atoms with Gasteiger partial charge in [-0.2, -0.15) is 0 Å². The number of rotatable bonds is 4. The molecule has 1 aliphatic rings. The van der Waals surface area contributed by atoms with Crippen LogP contribution in [0.3, 0.4) is 0 Å². The molecule has 1 aliphatic carbocycles. The third kappa shape index (κ3) is 3.25. The van der Waals surface area contributed by atoms with Crippen LogP contribution in [0.4, 0.5) is 0 Å². The molecule has 1 aromatic rings. The van der Waals surface area contributed by atoms with Crippen molar-refractivity contribution < 1.29 is 15.3 Å². The number of phenolic OH excluding ortho intramolecular Hbond substituents is 1. The highest BCUT2D eigenvalue weighted by molar-refractivity contribution is 6.14. The molecule has 2 radical (unpaired) electrons. The summed E-state index contributed by atoms with van der Waals surface area (Å²) in [6.07, 6.45) is 4.18. The normalized spacial score (nSPS) is 22.7. The third-order valence-corrected chi connectivity index (χ3v) is 4.62. The summed E-state index contributed by atoms with van der Waals surface area (Å²) >= 11 is 0. The average Bonchev–Trinajstić information content (AvgIpc) is 2.41. The molecule has 0 bridgehead atoms. The van der Waals surface area contributed by atoms with Gasteiger partial charge in [0.05, 0.1) is 11.2 Å². The summed E-state index contributed by atoms with van der Waals surface area (Å²) < 4.78 is 0. The summed E-state index contributed by atoms with van der Waals surface area (Å²) in [7, 11) is 9.54. The molecule has 1 aromatic carbocycles. The molecule has 2 unspecified atom stereocenters. The van der Waals surface area contributed by atoms with Gasteiger partial charge < -0.3 is 15.3 Å². The number of hydrogen-bond acceptors (Lipinski definition) is 4. The van der Waals surface area contributed by atoms with E-state index in [2.05, 4.69) is 0 Å². The van der Waals surface area contributed by atoms with Gasteiger partial charge in [0.15, 0.2) is 0 Å². The first kappa shape index (κ1) is 16.3. The van der Waals surface area contributed by atoms with Crippen molar-refractivity contribution in [1.82, 2.24) is 4.90 Å². The Morgan fingerprint density at radius 2 is 1.67 bits per heavy atom. The van der Waals surface area contributed by atoms with Gasteiger partial charge in [0, 0.05) is 5.92 Å². The minimum absolute atomic E-state index is 0.151. The van der Waals surface area contributed by atoms with Gasteiger partial charge in [-0.1, -0.05) is 31.4 Å². The predicted octanol–water partition coefficient (Wildman–Crippen LogP) is 1.55. The molecular formula is C16H24BNO3. The maximum atomic E-state index is 11.1. The van der Waals surface area contributed by atoms with Gasteiger partial charge in [-0.15, -0.1) is 0 Å². The van der Waals surface area contributed by atoms with Crippen LogP contribution in [0.2, 0.25) is 0 Å². The second-order valence-corrected chi connectivity index (χ2v) is 6.37. The number of aromatic hydroxyl groups is 1. The Hall–Kier alpha value is -1.04. The lowest BCUT2D eigenvalue weighted by Gasteiger charge is -2.49. The average molecular weight is 289 g/mol. The first-order chi connectivity index (χ1) is 9.77. The lowest BCUT2D eigenvalue weighted by atomic mass is 9.62. The number of phenols is 1. The Morgan fingerprint density at radius 1 is 1.14 bits per heavy atom. The van der Waals surface area contributed by atoms with Crippen molar-refractivity contribution >= 4 is 7.85 Å². The molecule has 21 heavy (non-hydrogen) atoms. The van der Waals surface area contributed by atoms with Gasteiger partial charge >= 0.3 is 0 Å². The van der Waals surface area contributed by atoms with E-state index in [9.17, 15) is 15.3 Å². The molecule has 2 rings (SSSR count). The molecule has 2 atom stereocenters. The van der Waals surface area contributed by atoms with Crippen molar-refractivity contribution in [1.29, 1.82) is 0 Å². The summed E-state index contributed by atoms with van der Waals surface area (Å²) in [5.41, 5.74) is -1.97. The van der Waals surface area contributed by atoms with Gasteiger partial charge in [0.25, 0.3) is 0 Å². The van der Waals surface area contributed by atoms with E-state index >= 15 is 0 Å². The van der Waals surface area contributed by atoms with E-state index in [1.807, 2.05) is 0 Å². The lowest BCUT2D eigenvalue weighted by Crippen LogP contribution is -2.58. The molecule has 5 heteroatoms. The molecule has 0 spiro atoms. The zero-order valence-corrected chi connectivity index (χ0v) is 12.8. The Bertz CT molecular complexity index is 467. The zero-order chi connectivity index (χ0) is 15.7. The molecule has 1 saturated carbocycles. The van der Waals surface area contributed by atoms with Crippen molar-refractivity contribution in [2.45, 2.75) is 49.2 Å². The van der Waals surface area contributed by atoms with Crippen LogP contribution in [0.25, 0.3) is 0 Å². The predicted molar refractivity (Wildman–Crippen MR) is 83.3 cm³/mol. The minimum Gasteiger partial charge on any atom is -0.508 e. The second-order valence-electron chi connectivity index (χ2n) is 6.37. The largest absolute Gasteiger partial charge is 0.508 e. The SMILES string of the molecule is [B]C(O)(C(c1ccc(O)cc1)C1(O)CCCCC1)N(C)C. The van der Waals surface area contributed by atoms with E-state index in [-0.39, 0.29) is 5.75 Å². The van der Waals surface area contributed by atoms with E-state index in [1.165, 1.54) is 4.90 Å². The van der Waals surface area contributed by atoms with E-state index in [0.29, 0.717) is 12.8 Å². The summed E-state index contributed by atoms with van der Waals surface area (Å²) in [4.78, 5) is 1.52. The molecule has 114 valence electrons. The molecule has 1 fully saturated rings. The fraction of sp³-hybridized carbons (Fsp3) is 0.625. The quantitative estimate of drug-likeness (QED) is 0.581. The van der Waals surface area contributed by atoms with Crippen molar-refractivity contribution in [3.8, 4) is 5.75 Å². The number of benzene rings is 1. The van der Waals surface area contributed by atoms with Crippen LogP contribution in [0, 0.1) is 0 Å². The van der Waals surface area contributed by atoms with Gasteiger partial charge in [-0.25, -0.2) is 0 Å². The van der Waals surface area contributed by atoms with Crippen LogP contribution in [0.15, 0.2) is 24.3 Å². The highest BCUT2D eigenvalue weighted by atomic mass is 16.3. The summed E-state index contributed by atoms with van der Waals surface area (Å²) in [6, 6.07) is 6.54. The van der Waals surface area contributed by atoms with Crippen LogP contribution >= 0.6 is 0 Å². The van der Waals surface area contributed by atoms with E-state index in [1.54, 1.807) is 38.4 Å². The first-order valence-electron chi connectivity index (χ1n) is 7.47. The monoisotopic (exact) mass is 289 g/mol.